The molecule has 1 aromatic carbocycles. The van der Waals surface area contributed by atoms with Crippen molar-refractivity contribution in [2.45, 2.75) is 25.7 Å². The summed E-state index contributed by atoms with van der Waals surface area (Å²) in [6.07, 6.45) is 3.52. The maximum Gasteiger partial charge on any atom is 0.224 e. The van der Waals surface area contributed by atoms with Crippen molar-refractivity contribution in [2.24, 2.45) is 11.8 Å². The van der Waals surface area contributed by atoms with Gasteiger partial charge in [-0.05, 0) is 42.4 Å². The molecule has 110 valence electrons. The summed E-state index contributed by atoms with van der Waals surface area (Å²) in [5.74, 6) is 0.678. The Morgan fingerprint density at radius 3 is 2.75 bits per heavy atom. The number of hydrogen-bond acceptors (Lipinski definition) is 2. The molecule has 2 N–H and O–H groups in total. The molecule has 0 heterocycles. The van der Waals surface area contributed by atoms with E-state index in [0.29, 0.717) is 28.4 Å². The molecule has 1 fully saturated rings. The van der Waals surface area contributed by atoms with Crippen molar-refractivity contribution in [1.29, 1.82) is 0 Å². The number of carbonyl (C=O) groups is 1. The van der Waals surface area contributed by atoms with Gasteiger partial charge in [-0.15, -0.1) is 0 Å². The third-order valence-electron chi connectivity index (χ3n) is 3.98. The van der Waals surface area contributed by atoms with Gasteiger partial charge in [0.2, 0.25) is 5.91 Å². The second-order valence-electron chi connectivity index (χ2n) is 5.35. The fourth-order valence-electron chi connectivity index (χ4n) is 2.77. The van der Waals surface area contributed by atoms with Crippen LogP contribution in [0.15, 0.2) is 18.2 Å². The normalized spacial score (nSPS) is 21.9. The average molecular weight is 316 g/mol. The molecule has 0 radical (unpaired) electrons. The van der Waals surface area contributed by atoms with E-state index in [-0.39, 0.29) is 18.9 Å². The third-order valence-corrected chi connectivity index (χ3v) is 4.57. The van der Waals surface area contributed by atoms with Gasteiger partial charge >= 0.3 is 0 Å². The zero-order valence-electron chi connectivity index (χ0n) is 11.2. The fraction of sp³-hybridized carbons (Fsp3) is 0.533. The van der Waals surface area contributed by atoms with Gasteiger partial charge in [0.15, 0.2) is 0 Å². The van der Waals surface area contributed by atoms with Crippen molar-refractivity contribution in [1.82, 2.24) is 5.32 Å². The van der Waals surface area contributed by atoms with Crippen molar-refractivity contribution >= 4 is 29.1 Å². The summed E-state index contributed by atoms with van der Waals surface area (Å²) in [6.45, 7) is 0.846. The second-order valence-corrected chi connectivity index (χ2v) is 6.19. The minimum Gasteiger partial charge on any atom is -0.396 e. The Kier molecular flexibility index (Phi) is 5.70. The van der Waals surface area contributed by atoms with Crippen molar-refractivity contribution in [3.05, 3.63) is 33.8 Å². The second kappa shape index (κ2) is 7.30. The van der Waals surface area contributed by atoms with Crippen LogP contribution in [-0.4, -0.2) is 24.2 Å². The van der Waals surface area contributed by atoms with E-state index in [9.17, 15) is 9.90 Å². The van der Waals surface area contributed by atoms with Gasteiger partial charge in [0.1, 0.15) is 0 Å². The number of carbonyl (C=O) groups excluding carboxylic acids is 1. The van der Waals surface area contributed by atoms with Crippen LogP contribution in [0.3, 0.4) is 0 Å². The molecule has 2 rings (SSSR count). The van der Waals surface area contributed by atoms with Crippen molar-refractivity contribution in [2.75, 3.05) is 13.2 Å². The Balaban J connectivity index is 1.83. The summed E-state index contributed by atoms with van der Waals surface area (Å²) >= 11 is 11.9. The summed E-state index contributed by atoms with van der Waals surface area (Å²) in [4.78, 5) is 11.9. The van der Waals surface area contributed by atoms with Crippen molar-refractivity contribution in [3.8, 4) is 0 Å². The van der Waals surface area contributed by atoms with Crippen molar-refractivity contribution < 1.29 is 9.90 Å². The highest BCUT2D eigenvalue weighted by Gasteiger charge is 2.26. The van der Waals surface area contributed by atoms with E-state index in [1.54, 1.807) is 18.2 Å². The van der Waals surface area contributed by atoms with Gasteiger partial charge in [-0.25, -0.2) is 0 Å². The predicted molar refractivity (Wildman–Crippen MR) is 81.1 cm³/mol. The number of halogens is 2. The topological polar surface area (TPSA) is 49.3 Å². The molecule has 2 unspecified atom stereocenters. The number of rotatable bonds is 5. The molecule has 0 spiro atoms. The third kappa shape index (κ3) is 4.11. The smallest absolute Gasteiger partial charge is 0.224 e. The van der Waals surface area contributed by atoms with Gasteiger partial charge in [-0.3, -0.25) is 4.79 Å². The first-order chi connectivity index (χ1) is 9.60. The Bertz CT molecular complexity index is 479. The molecule has 2 atom stereocenters. The summed E-state index contributed by atoms with van der Waals surface area (Å²) in [5, 5.41) is 13.3. The zero-order chi connectivity index (χ0) is 14.5. The summed E-state index contributed by atoms with van der Waals surface area (Å²) in [5.41, 5.74) is 0.777. The summed E-state index contributed by atoms with van der Waals surface area (Å²) in [7, 11) is 0. The lowest BCUT2D eigenvalue weighted by Gasteiger charge is -2.17. The van der Waals surface area contributed by atoms with Crippen LogP contribution in [0.4, 0.5) is 0 Å². The first-order valence-electron chi connectivity index (χ1n) is 6.91. The summed E-state index contributed by atoms with van der Waals surface area (Å²) in [6, 6.07) is 5.15. The van der Waals surface area contributed by atoms with Crippen LogP contribution < -0.4 is 5.32 Å². The minimum absolute atomic E-state index is 0.0437. The predicted octanol–water partition coefficient (Wildman–Crippen LogP) is 3.06. The van der Waals surface area contributed by atoms with E-state index in [4.69, 9.17) is 23.2 Å². The Hall–Kier alpha value is -0.770. The Morgan fingerprint density at radius 1 is 1.30 bits per heavy atom. The number of hydrogen-bond donors (Lipinski definition) is 2. The molecule has 0 aromatic heterocycles. The van der Waals surface area contributed by atoms with Gasteiger partial charge < -0.3 is 10.4 Å². The van der Waals surface area contributed by atoms with E-state index < -0.39 is 0 Å². The SMILES string of the molecule is O=C(Cc1ccc(Cl)cc1Cl)NCC1CCCC1CO. The quantitative estimate of drug-likeness (QED) is 0.877. The van der Waals surface area contributed by atoms with E-state index in [2.05, 4.69) is 5.32 Å². The number of aliphatic hydroxyl groups excluding tert-OH is 1. The largest absolute Gasteiger partial charge is 0.396 e. The molecule has 1 aliphatic rings. The molecule has 1 aromatic rings. The molecule has 3 nitrogen and oxygen atoms in total. The van der Waals surface area contributed by atoms with Crippen molar-refractivity contribution in [3.63, 3.8) is 0 Å². The first-order valence-corrected chi connectivity index (χ1v) is 7.67. The van der Waals surface area contributed by atoms with Crippen LogP contribution in [0, 0.1) is 11.8 Å². The number of amides is 1. The highest BCUT2D eigenvalue weighted by atomic mass is 35.5. The number of aliphatic hydroxyl groups is 1. The maximum absolute atomic E-state index is 11.9. The highest BCUT2D eigenvalue weighted by molar-refractivity contribution is 6.35. The molecule has 1 amide bonds. The lowest BCUT2D eigenvalue weighted by Crippen LogP contribution is -2.32. The molecule has 20 heavy (non-hydrogen) atoms. The van der Waals surface area contributed by atoms with Gasteiger partial charge in [-0.2, -0.15) is 0 Å². The molecule has 0 aliphatic heterocycles. The van der Waals surface area contributed by atoms with Crippen LogP contribution in [-0.2, 0) is 11.2 Å². The molecule has 1 saturated carbocycles. The first kappa shape index (κ1) is 15.6. The van der Waals surface area contributed by atoms with Gasteiger partial charge in [0.25, 0.3) is 0 Å². The molecular weight excluding hydrogens is 297 g/mol. The van der Waals surface area contributed by atoms with E-state index in [1.807, 2.05) is 0 Å². The van der Waals surface area contributed by atoms with Crippen LogP contribution in [0.1, 0.15) is 24.8 Å². The van der Waals surface area contributed by atoms with Gasteiger partial charge in [-0.1, -0.05) is 35.7 Å². The molecule has 0 bridgehead atoms. The van der Waals surface area contributed by atoms with E-state index in [0.717, 1.165) is 24.8 Å². The van der Waals surface area contributed by atoms with Gasteiger partial charge in [0, 0.05) is 23.2 Å². The lowest BCUT2D eigenvalue weighted by molar-refractivity contribution is -0.120. The number of benzene rings is 1. The standard InChI is InChI=1S/C15H19Cl2NO2/c16-13-5-4-10(14(17)7-13)6-15(20)18-8-11-2-1-3-12(11)9-19/h4-5,7,11-12,19H,1-3,6,8-9H2,(H,18,20). The minimum atomic E-state index is -0.0437. The van der Waals surface area contributed by atoms with Crippen LogP contribution in [0.2, 0.25) is 10.0 Å². The maximum atomic E-state index is 11.9. The molecule has 5 heteroatoms. The lowest BCUT2D eigenvalue weighted by atomic mass is 9.97. The van der Waals surface area contributed by atoms with E-state index in [1.165, 1.54) is 0 Å². The summed E-state index contributed by atoms with van der Waals surface area (Å²) < 4.78 is 0. The fourth-order valence-corrected chi connectivity index (χ4v) is 3.24. The van der Waals surface area contributed by atoms with Crippen LogP contribution in [0.25, 0.3) is 0 Å². The number of nitrogens with one attached hydrogen (secondary N) is 1. The molecular formula is C15H19Cl2NO2. The Labute approximate surface area is 129 Å². The molecule has 1 aliphatic carbocycles. The van der Waals surface area contributed by atoms with Crippen LogP contribution in [0.5, 0.6) is 0 Å². The zero-order valence-corrected chi connectivity index (χ0v) is 12.8. The highest BCUT2D eigenvalue weighted by Crippen LogP contribution is 2.30. The average Bonchev–Trinajstić information content (AvgIpc) is 2.87. The van der Waals surface area contributed by atoms with E-state index >= 15 is 0 Å². The Morgan fingerprint density at radius 2 is 2.05 bits per heavy atom. The molecule has 0 saturated heterocycles. The monoisotopic (exact) mass is 315 g/mol. The van der Waals surface area contributed by atoms with Gasteiger partial charge in [0.05, 0.1) is 6.42 Å². The van der Waals surface area contributed by atoms with Crippen LogP contribution >= 0.6 is 23.2 Å².